The van der Waals surface area contributed by atoms with Gasteiger partial charge in [-0.15, -0.1) is 11.8 Å². The van der Waals surface area contributed by atoms with Crippen LogP contribution in [0.3, 0.4) is 0 Å². The van der Waals surface area contributed by atoms with E-state index in [0.29, 0.717) is 11.3 Å². The molecule has 1 amide bonds. The van der Waals surface area contributed by atoms with E-state index in [1.54, 1.807) is 36.2 Å². The maximum absolute atomic E-state index is 13.6. The summed E-state index contributed by atoms with van der Waals surface area (Å²) in [6, 6.07) is 17.9. The van der Waals surface area contributed by atoms with Crippen molar-refractivity contribution in [2.24, 2.45) is 0 Å². The van der Waals surface area contributed by atoms with Crippen LogP contribution < -0.4 is 5.32 Å². The third-order valence-corrected chi connectivity index (χ3v) is 4.66. The van der Waals surface area contributed by atoms with Crippen LogP contribution in [0.25, 0.3) is 0 Å². The number of anilines is 1. The smallest absolute Gasteiger partial charge is 0.228 e. The Morgan fingerprint density at radius 1 is 1.04 bits per heavy atom. The van der Waals surface area contributed by atoms with Crippen LogP contribution >= 0.6 is 11.8 Å². The maximum atomic E-state index is 13.6. The van der Waals surface area contributed by atoms with Crippen LogP contribution in [0.15, 0.2) is 78.0 Å². The zero-order chi connectivity index (χ0) is 17.5. The van der Waals surface area contributed by atoms with Gasteiger partial charge in [0.25, 0.3) is 0 Å². The van der Waals surface area contributed by atoms with Crippen molar-refractivity contribution in [3.63, 3.8) is 0 Å². The first-order valence-electron chi connectivity index (χ1n) is 7.86. The minimum absolute atomic E-state index is 0.0180. The zero-order valence-electron chi connectivity index (χ0n) is 13.5. The SMILES string of the molecule is O=C(Cc1ccccc1F)Nc1ccc(SCc2cccnc2)cc1. The number of benzene rings is 2. The largest absolute Gasteiger partial charge is 0.326 e. The summed E-state index contributed by atoms with van der Waals surface area (Å²) in [5.74, 6) is 0.244. The summed E-state index contributed by atoms with van der Waals surface area (Å²) in [4.78, 5) is 17.2. The molecule has 3 nitrogen and oxygen atoms in total. The molecule has 0 saturated carbocycles. The van der Waals surface area contributed by atoms with Crippen LogP contribution in [0, 0.1) is 5.82 Å². The van der Waals surface area contributed by atoms with E-state index in [4.69, 9.17) is 0 Å². The zero-order valence-corrected chi connectivity index (χ0v) is 14.3. The van der Waals surface area contributed by atoms with Gasteiger partial charge in [-0.05, 0) is 47.5 Å². The van der Waals surface area contributed by atoms with Crippen molar-refractivity contribution in [3.8, 4) is 0 Å². The van der Waals surface area contributed by atoms with E-state index in [9.17, 15) is 9.18 Å². The Morgan fingerprint density at radius 2 is 1.84 bits per heavy atom. The summed E-state index contributed by atoms with van der Waals surface area (Å²) < 4.78 is 13.6. The normalized spacial score (nSPS) is 10.4. The number of rotatable bonds is 6. The third kappa shape index (κ3) is 5.16. The van der Waals surface area contributed by atoms with Crippen LogP contribution in [0.2, 0.25) is 0 Å². The Bertz CT molecular complexity index is 838. The minimum Gasteiger partial charge on any atom is -0.326 e. The molecule has 1 aromatic heterocycles. The molecule has 0 bridgehead atoms. The number of hydrogen-bond donors (Lipinski definition) is 1. The van der Waals surface area contributed by atoms with E-state index in [2.05, 4.69) is 10.3 Å². The second-order valence-corrected chi connectivity index (χ2v) is 6.54. The number of carbonyl (C=O) groups excluding carboxylic acids is 1. The predicted molar refractivity (Wildman–Crippen MR) is 99.0 cm³/mol. The minimum atomic E-state index is -0.361. The molecule has 1 heterocycles. The van der Waals surface area contributed by atoms with Gasteiger partial charge in [0.1, 0.15) is 5.82 Å². The highest BCUT2D eigenvalue weighted by Crippen LogP contribution is 2.24. The number of hydrogen-bond acceptors (Lipinski definition) is 3. The Balaban J connectivity index is 1.53. The van der Waals surface area contributed by atoms with Gasteiger partial charge in [0.05, 0.1) is 6.42 Å². The summed E-state index contributed by atoms with van der Waals surface area (Å²) in [5, 5.41) is 2.79. The lowest BCUT2D eigenvalue weighted by molar-refractivity contribution is -0.115. The molecule has 2 aromatic carbocycles. The van der Waals surface area contributed by atoms with E-state index < -0.39 is 0 Å². The molecule has 0 spiro atoms. The van der Waals surface area contributed by atoms with Crippen molar-refractivity contribution in [1.29, 1.82) is 0 Å². The van der Waals surface area contributed by atoms with E-state index >= 15 is 0 Å². The third-order valence-electron chi connectivity index (χ3n) is 3.58. The standard InChI is InChI=1S/C20H17FN2OS/c21-19-6-2-1-5-16(19)12-20(24)23-17-7-9-18(10-8-17)25-14-15-4-3-11-22-13-15/h1-11,13H,12,14H2,(H,23,24). The summed E-state index contributed by atoms with van der Waals surface area (Å²) in [6.07, 6.45) is 3.63. The lowest BCUT2D eigenvalue weighted by Gasteiger charge is -2.07. The van der Waals surface area contributed by atoms with Crippen molar-refractivity contribution >= 4 is 23.4 Å². The molecule has 0 atom stereocenters. The monoisotopic (exact) mass is 352 g/mol. The fourth-order valence-electron chi connectivity index (χ4n) is 2.30. The van der Waals surface area contributed by atoms with Gasteiger partial charge < -0.3 is 5.32 Å². The van der Waals surface area contributed by atoms with Crippen molar-refractivity contribution in [1.82, 2.24) is 4.98 Å². The Kier molecular flexibility index (Phi) is 5.80. The highest BCUT2D eigenvalue weighted by Gasteiger charge is 2.08. The Hall–Kier alpha value is -2.66. The van der Waals surface area contributed by atoms with Crippen molar-refractivity contribution < 1.29 is 9.18 Å². The first-order valence-corrected chi connectivity index (χ1v) is 8.84. The summed E-state index contributed by atoms with van der Waals surface area (Å²) >= 11 is 1.70. The van der Waals surface area contributed by atoms with Crippen molar-refractivity contribution in [3.05, 3.63) is 90.0 Å². The molecule has 3 aromatic rings. The molecule has 0 unspecified atom stereocenters. The van der Waals surface area contributed by atoms with Crippen molar-refractivity contribution in [2.75, 3.05) is 5.32 Å². The van der Waals surface area contributed by atoms with Crippen LogP contribution in [0.5, 0.6) is 0 Å². The lowest BCUT2D eigenvalue weighted by Crippen LogP contribution is -2.15. The molecule has 0 aliphatic rings. The summed E-state index contributed by atoms with van der Waals surface area (Å²) in [6.45, 7) is 0. The molecule has 3 rings (SSSR count). The summed E-state index contributed by atoms with van der Waals surface area (Å²) in [5.41, 5.74) is 2.26. The highest BCUT2D eigenvalue weighted by atomic mass is 32.2. The Morgan fingerprint density at radius 3 is 2.56 bits per heavy atom. The van der Waals surface area contributed by atoms with Gasteiger partial charge in [0.2, 0.25) is 5.91 Å². The van der Waals surface area contributed by atoms with Gasteiger partial charge in [-0.1, -0.05) is 24.3 Å². The lowest BCUT2D eigenvalue weighted by atomic mass is 10.1. The van der Waals surface area contributed by atoms with E-state index in [-0.39, 0.29) is 18.1 Å². The molecule has 0 fully saturated rings. The number of halogens is 1. The summed E-state index contributed by atoms with van der Waals surface area (Å²) in [7, 11) is 0. The number of pyridine rings is 1. The molecule has 0 saturated heterocycles. The fraction of sp³-hybridized carbons (Fsp3) is 0.100. The topological polar surface area (TPSA) is 42.0 Å². The first kappa shape index (κ1) is 17.2. The van der Waals surface area contributed by atoms with Crippen LogP contribution in [0.1, 0.15) is 11.1 Å². The number of nitrogens with one attached hydrogen (secondary N) is 1. The molecule has 0 radical (unpaired) electrons. The molecule has 0 aliphatic heterocycles. The van der Waals surface area contributed by atoms with Gasteiger partial charge in [-0.2, -0.15) is 0 Å². The van der Waals surface area contributed by atoms with E-state index in [1.165, 1.54) is 6.07 Å². The molecule has 25 heavy (non-hydrogen) atoms. The van der Waals surface area contributed by atoms with Gasteiger partial charge in [0, 0.05) is 28.7 Å². The van der Waals surface area contributed by atoms with Crippen LogP contribution in [0.4, 0.5) is 10.1 Å². The molecule has 1 N–H and O–H groups in total. The molecule has 0 aliphatic carbocycles. The number of aromatic nitrogens is 1. The number of nitrogens with zero attached hydrogens (tertiary/aromatic N) is 1. The molecular weight excluding hydrogens is 335 g/mol. The number of amides is 1. The van der Waals surface area contributed by atoms with Gasteiger partial charge in [-0.25, -0.2) is 4.39 Å². The number of thioether (sulfide) groups is 1. The van der Waals surface area contributed by atoms with E-state index in [1.807, 2.05) is 42.6 Å². The van der Waals surface area contributed by atoms with E-state index in [0.717, 1.165) is 16.2 Å². The van der Waals surface area contributed by atoms with Gasteiger partial charge in [0.15, 0.2) is 0 Å². The maximum Gasteiger partial charge on any atom is 0.228 e. The Labute approximate surface area is 150 Å². The first-order chi connectivity index (χ1) is 12.2. The second kappa shape index (κ2) is 8.44. The predicted octanol–water partition coefficient (Wildman–Crippen LogP) is 4.69. The second-order valence-electron chi connectivity index (χ2n) is 5.49. The van der Waals surface area contributed by atoms with Crippen LogP contribution in [-0.4, -0.2) is 10.9 Å². The van der Waals surface area contributed by atoms with Crippen molar-refractivity contribution in [2.45, 2.75) is 17.1 Å². The average Bonchev–Trinajstić information content (AvgIpc) is 2.64. The number of carbonyl (C=O) groups is 1. The average molecular weight is 352 g/mol. The highest BCUT2D eigenvalue weighted by molar-refractivity contribution is 7.98. The fourth-order valence-corrected chi connectivity index (χ4v) is 3.14. The molecule has 5 heteroatoms. The molecule has 126 valence electrons. The molecular formula is C20H17FN2OS. The quantitative estimate of drug-likeness (QED) is 0.654. The van der Waals surface area contributed by atoms with Gasteiger partial charge >= 0.3 is 0 Å². The van der Waals surface area contributed by atoms with Gasteiger partial charge in [-0.3, -0.25) is 9.78 Å². The van der Waals surface area contributed by atoms with Crippen LogP contribution in [-0.2, 0) is 17.0 Å².